The lowest BCUT2D eigenvalue weighted by Crippen LogP contribution is -2.01. The number of benzene rings is 2. The second-order valence-corrected chi connectivity index (χ2v) is 4.22. The fourth-order valence-electron chi connectivity index (χ4n) is 1.91. The van der Waals surface area contributed by atoms with Crippen molar-refractivity contribution in [3.05, 3.63) is 72.1 Å². The van der Waals surface area contributed by atoms with Gasteiger partial charge in [-0.05, 0) is 5.56 Å². The van der Waals surface area contributed by atoms with Crippen molar-refractivity contribution in [1.29, 1.82) is 0 Å². The Hall–Kier alpha value is -2.46. The van der Waals surface area contributed by atoms with Gasteiger partial charge in [0.2, 0.25) is 0 Å². The zero-order valence-electron chi connectivity index (χ0n) is 10.2. The monoisotopic (exact) mass is 251 g/mol. The van der Waals surface area contributed by atoms with Crippen molar-refractivity contribution in [2.45, 2.75) is 6.10 Å². The summed E-state index contributed by atoms with van der Waals surface area (Å²) in [7, 11) is 0. The van der Waals surface area contributed by atoms with Crippen LogP contribution in [0.3, 0.4) is 0 Å². The third-order valence-electron chi connectivity index (χ3n) is 2.91. The van der Waals surface area contributed by atoms with E-state index in [1.807, 2.05) is 60.7 Å². The van der Waals surface area contributed by atoms with Crippen molar-refractivity contribution >= 4 is 0 Å². The summed E-state index contributed by atoms with van der Waals surface area (Å²) in [4.78, 5) is 4.34. The number of rotatable bonds is 3. The molecule has 0 spiro atoms. The van der Waals surface area contributed by atoms with Crippen molar-refractivity contribution in [2.75, 3.05) is 0 Å². The van der Waals surface area contributed by atoms with Crippen LogP contribution in [0.25, 0.3) is 11.4 Å². The number of H-pyrrole nitrogens is 1. The summed E-state index contributed by atoms with van der Waals surface area (Å²) < 4.78 is 0. The number of aliphatic hydroxyl groups is 1. The number of nitrogens with zero attached hydrogens (tertiary/aromatic N) is 2. The summed E-state index contributed by atoms with van der Waals surface area (Å²) in [5.74, 6) is 1.04. The number of aliphatic hydroxyl groups excluding tert-OH is 1. The highest BCUT2D eigenvalue weighted by atomic mass is 16.3. The largest absolute Gasteiger partial charge is 0.380 e. The molecule has 0 saturated carbocycles. The first-order chi connectivity index (χ1) is 9.34. The maximum absolute atomic E-state index is 10.2. The Labute approximate surface area is 110 Å². The second kappa shape index (κ2) is 5.04. The Bertz CT molecular complexity index is 649. The summed E-state index contributed by atoms with van der Waals surface area (Å²) in [5.41, 5.74) is 1.71. The number of aromatic amines is 1. The van der Waals surface area contributed by atoms with Gasteiger partial charge in [-0.15, -0.1) is 0 Å². The molecule has 4 nitrogen and oxygen atoms in total. The lowest BCUT2D eigenvalue weighted by Gasteiger charge is -2.06. The zero-order chi connectivity index (χ0) is 13.1. The maximum Gasteiger partial charge on any atom is 0.181 e. The van der Waals surface area contributed by atoms with Gasteiger partial charge in [0.15, 0.2) is 11.6 Å². The third-order valence-corrected chi connectivity index (χ3v) is 2.91. The minimum Gasteiger partial charge on any atom is -0.380 e. The highest BCUT2D eigenvalue weighted by Crippen LogP contribution is 2.21. The molecule has 0 amide bonds. The summed E-state index contributed by atoms with van der Waals surface area (Å²) >= 11 is 0. The molecule has 2 aromatic carbocycles. The quantitative estimate of drug-likeness (QED) is 0.752. The predicted octanol–water partition coefficient (Wildman–Crippen LogP) is 2.55. The SMILES string of the molecule is OC(c1ccccc1)c1nc(-c2ccccc2)n[nH]1. The molecule has 3 rings (SSSR count). The molecule has 0 fully saturated rings. The van der Waals surface area contributed by atoms with Gasteiger partial charge in [0.1, 0.15) is 6.10 Å². The van der Waals surface area contributed by atoms with Crippen LogP contribution in [0.15, 0.2) is 60.7 Å². The molecule has 2 N–H and O–H groups in total. The third kappa shape index (κ3) is 2.39. The van der Waals surface area contributed by atoms with Crippen molar-refractivity contribution in [1.82, 2.24) is 15.2 Å². The fourth-order valence-corrected chi connectivity index (χ4v) is 1.91. The van der Waals surface area contributed by atoms with Gasteiger partial charge in [-0.2, -0.15) is 5.10 Å². The van der Waals surface area contributed by atoms with E-state index in [2.05, 4.69) is 15.2 Å². The summed E-state index contributed by atoms with van der Waals surface area (Å²) in [6.45, 7) is 0. The first-order valence-electron chi connectivity index (χ1n) is 6.05. The smallest absolute Gasteiger partial charge is 0.181 e. The van der Waals surface area contributed by atoms with Gasteiger partial charge in [-0.25, -0.2) is 4.98 Å². The molecule has 0 saturated heterocycles. The normalized spacial score (nSPS) is 12.3. The first kappa shape index (κ1) is 11.6. The molecule has 1 unspecified atom stereocenters. The van der Waals surface area contributed by atoms with E-state index >= 15 is 0 Å². The van der Waals surface area contributed by atoms with Crippen LogP contribution in [0.5, 0.6) is 0 Å². The molecule has 4 heteroatoms. The van der Waals surface area contributed by atoms with E-state index in [0.29, 0.717) is 11.6 Å². The van der Waals surface area contributed by atoms with Crippen LogP contribution in [0.4, 0.5) is 0 Å². The van der Waals surface area contributed by atoms with Gasteiger partial charge >= 0.3 is 0 Å². The van der Waals surface area contributed by atoms with Crippen LogP contribution in [0.2, 0.25) is 0 Å². The van der Waals surface area contributed by atoms with E-state index in [4.69, 9.17) is 0 Å². The van der Waals surface area contributed by atoms with Crippen LogP contribution >= 0.6 is 0 Å². The lowest BCUT2D eigenvalue weighted by molar-refractivity contribution is 0.210. The topological polar surface area (TPSA) is 61.8 Å². The van der Waals surface area contributed by atoms with Gasteiger partial charge in [-0.3, -0.25) is 5.10 Å². The summed E-state index contributed by atoms with van der Waals surface area (Å²) in [6, 6.07) is 19.0. The Kier molecular flexibility index (Phi) is 3.08. The van der Waals surface area contributed by atoms with Crippen LogP contribution in [0.1, 0.15) is 17.5 Å². The highest BCUT2D eigenvalue weighted by molar-refractivity contribution is 5.54. The van der Waals surface area contributed by atoms with Gasteiger partial charge in [-0.1, -0.05) is 60.7 Å². The van der Waals surface area contributed by atoms with E-state index in [0.717, 1.165) is 11.1 Å². The standard InChI is InChI=1S/C15H13N3O/c19-13(11-7-3-1-4-8-11)15-16-14(17-18-15)12-9-5-2-6-10-12/h1-10,13,19H,(H,16,17,18). The van der Waals surface area contributed by atoms with Crippen LogP contribution in [0, 0.1) is 0 Å². The van der Waals surface area contributed by atoms with E-state index in [9.17, 15) is 5.11 Å². The molecule has 1 atom stereocenters. The average Bonchev–Trinajstić information content (AvgIpc) is 2.98. The van der Waals surface area contributed by atoms with Crippen molar-refractivity contribution in [2.24, 2.45) is 0 Å². The number of hydrogen-bond donors (Lipinski definition) is 2. The fraction of sp³-hybridized carbons (Fsp3) is 0.0667. The molecule has 1 aromatic heterocycles. The average molecular weight is 251 g/mol. The minimum absolute atomic E-state index is 0.449. The predicted molar refractivity (Wildman–Crippen MR) is 72.3 cm³/mol. The summed E-state index contributed by atoms with van der Waals surface area (Å²) in [6.07, 6.45) is -0.786. The number of aromatic nitrogens is 3. The van der Waals surface area contributed by atoms with E-state index < -0.39 is 6.10 Å². The van der Waals surface area contributed by atoms with Crippen LogP contribution in [-0.4, -0.2) is 20.3 Å². The van der Waals surface area contributed by atoms with Crippen molar-refractivity contribution < 1.29 is 5.11 Å². The molecule has 19 heavy (non-hydrogen) atoms. The highest BCUT2D eigenvalue weighted by Gasteiger charge is 2.15. The molecule has 0 aliphatic carbocycles. The number of nitrogens with one attached hydrogen (secondary N) is 1. The molecular formula is C15H13N3O. The molecule has 0 aliphatic rings. The molecule has 0 aliphatic heterocycles. The van der Waals surface area contributed by atoms with E-state index in [1.54, 1.807) is 0 Å². The van der Waals surface area contributed by atoms with E-state index in [1.165, 1.54) is 0 Å². The Morgan fingerprint density at radius 2 is 1.53 bits per heavy atom. The van der Waals surface area contributed by atoms with Crippen LogP contribution < -0.4 is 0 Å². The zero-order valence-corrected chi connectivity index (χ0v) is 10.2. The molecule has 0 radical (unpaired) electrons. The molecular weight excluding hydrogens is 238 g/mol. The van der Waals surface area contributed by atoms with Crippen LogP contribution in [-0.2, 0) is 0 Å². The molecule has 0 bridgehead atoms. The van der Waals surface area contributed by atoms with Gasteiger partial charge in [0, 0.05) is 5.56 Å². The number of hydrogen-bond acceptors (Lipinski definition) is 3. The lowest BCUT2D eigenvalue weighted by atomic mass is 10.1. The van der Waals surface area contributed by atoms with Crippen molar-refractivity contribution in [3.63, 3.8) is 0 Å². The van der Waals surface area contributed by atoms with Crippen molar-refractivity contribution in [3.8, 4) is 11.4 Å². The van der Waals surface area contributed by atoms with Gasteiger partial charge in [0.25, 0.3) is 0 Å². The van der Waals surface area contributed by atoms with Gasteiger partial charge < -0.3 is 5.11 Å². The maximum atomic E-state index is 10.2. The Morgan fingerprint density at radius 3 is 2.21 bits per heavy atom. The second-order valence-electron chi connectivity index (χ2n) is 4.22. The Morgan fingerprint density at radius 1 is 0.895 bits per heavy atom. The minimum atomic E-state index is -0.786. The summed E-state index contributed by atoms with van der Waals surface area (Å²) in [5, 5.41) is 17.1. The van der Waals surface area contributed by atoms with Gasteiger partial charge in [0.05, 0.1) is 0 Å². The van der Waals surface area contributed by atoms with E-state index in [-0.39, 0.29) is 0 Å². The molecule has 3 aromatic rings. The molecule has 94 valence electrons. The molecule has 1 heterocycles. The Balaban J connectivity index is 1.90. The first-order valence-corrected chi connectivity index (χ1v) is 6.05.